The SMILES string of the molecule is O=P1(O)Oc2c(-c3ccccc3)c(F)c3c(F)c(F)c(F)c(F)c3c2-c2c(c(-c3ccccc3)c(F)c3c(F)c(F)c(F)c(F)c23)O1. The number of halogens is 10. The van der Waals surface area contributed by atoms with Crippen molar-refractivity contribution in [2.75, 3.05) is 0 Å². The molecule has 0 saturated heterocycles. The van der Waals surface area contributed by atoms with Crippen LogP contribution in [-0.2, 0) is 4.57 Å². The molecule has 15 heteroatoms. The van der Waals surface area contributed by atoms with Gasteiger partial charge in [0.1, 0.15) is 11.6 Å². The molecule has 0 aromatic heterocycles. The summed E-state index contributed by atoms with van der Waals surface area (Å²) in [5.74, 6) is -26.0. The van der Waals surface area contributed by atoms with Gasteiger partial charge in [-0.25, -0.2) is 48.5 Å². The first-order valence-electron chi connectivity index (χ1n) is 13.1. The van der Waals surface area contributed by atoms with Crippen LogP contribution in [0.15, 0.2) is 60.7 Å². The highest BCUT2D eigenvalue weighted by Gasteiger charge is 2.43. The smallest absolute Gasteiger partial charge is 0.394 e. The summed E-state index contributed by atoms with van der Waals surface area (Å²) in [6.07, 6.45) is 0. The summed E-state index contributed by atoms with van der Waals surface area (Å²) in [5, 5.41) is -6.58. The van der Waals surface area contributed by atoms with E-state index >= 15 is 26.3 Å². The molecule has 7 rings (SSSR count). The molecule has 1 aliphatic heterocycles. The van der Waals surface area contributed by atoms with Crippen molar-refractivity contribution in [3.63, 3.8) is 0 Å². The van der Waals surface area contributed by atoms with Crippen molar-refractivity contribution in [2.24, 2.45) is 0 Å². The zero-order valence-electron chi connectivity index (χ0n) is 22.7. The van der Waals surface area contributed by atoms with Crippen molar-refractivity contribution in [3.05, 3.63) is 119 Å². The van der Waals surface area contributed by atoms with E-state index in [4.69, 9.17) is 9.05 Å². The van der Waals surface area contributed by atoms with Crippen LogP contribution in [0.1, 0.15) is 0 Å². The van der Waals surface area contributed by atoms with Crippen LogP contribution in [-0.4, -0.2) is 4.89 Å². The maximum atomic E-state index is 16.3. The van der Waals surface area contributed by atoms with Crippen LogP contribution >= 0.6 is 7.82 Å². The Bertz CT molecular complexity index is 2240. The molecule has 0 aliphatic carbocycles. The summed E-state index contributed by atoms with van der Waals surface area (Å²) in [5.41, 5.74) is -5.38. The van der Waals surface area contributed by atoms with Gasteiger partial charge in [-0.1, -0.05) is 60.7 Å². The minimum atomic E-state index is -5.78. The minimum Gasteiger partial charge on any atom is -0.394 e. The molecule has 6 aromatic carbocycles. The fraction of sp³-hybridized carbons (Fsp3) is 0. The molecular formula is C32H11F10O4P. The minimum absolute atomic E-state index is 0.338. The van der Waals surface area contributed by atoms with E-state index in [9.17, 15) is 27.0 Å². The molecule has 0 bridgehead atoms. The zero-order valence-corrected chi connectivity index (χ0v) is 23.6. The van der Waals surface area contributed by atoms with Gasteiger partial charge in [-0.3, -0.25) is 4.89 Å². The van der Waals surface area contributed by atoms with Gasteiger partial charge in [0, 0.05) is 21.9 Å². The highest BCUT2D eigenvalue weighted by Crippen LogP contribution is 2.63. The molecule has 1 aliphatic rings. The van der Waals surface area contributed by atoms with Gasteiger partial charge in [0.15, 0.2) is 58.0 Å². The molecule has 47 heavy (non-hydrogen) atoms. The van der Waals surface area contributed by atoms with Crippen LogP contribution in [0.2, 0.25) is 0 Å². The third-order valence-electron chi connectivity index (χ3n) is 7.61. The van der Waals surface area contributed by atoms with Crippen molar-refractivity contribution in [3.8, 4) is 44.9 Å². The molecule has 1 heterocycles. The molecule has 4 nitrogen and oxygen atoms in total. The molecule has 0 saturated carbocycles. The summed E-state index contributed by atoms with van der Waals surface area (Å²) >= 11 is 0. The summed E-state index contributed by atoms with van der Waals surface area (Å²) in [4.78, 5) is 10.8. The van der Waals surface area contributed by atoms with E-state index in [2.05, 4.69) is 0 Å². The lowest BCUT2D eigenvalue weighted by Gasteiger charge is -2.21. The fourth-order valence-electron chi connectivity index (χ4n) is 5.71. The quantitative estimate of drug-likeness (QED) is 0.0856. The van der Waals surface area contributed by atoms with Gasteiger partial charge >= 0.3 is 7.82 Å². The number of hydrogen-bond donors (Lipinski definition) is 1. The Kier molecular flexibility index (Phi) is 6.81. The number of hydrogen-bond acceptors (Lipinski definition) is 3. The normalized spacial score (nSPS) is 13.6. The largest absolute Gasteiger partial charge is 0.584 e. The molecule has 1 N–H and O–H groups in total. The lowest BCUT2D eigenvalue weighted by Crippen LogP contribution is -2.07. The molecule has 0 unspecified atom stereocenters. The molecule has 0 spiro atoms. The second-order valence-electron chi connectivity index (χ2n) is 10.2. The average molecular weight is 680 g/mol. The van der Waals surface area contributed by atoms with Gasteiger partial charge < -0.3 is 9.05 Å². The predicted molar refractivity (Wildman–Crippen MR) is 148 cm³/mol. The van der Waals surface area contributed by atoms with Crippen LogP contribution in [0.3, 0.4) is 0 Å². The zero-order chi connectivity index (χ0) is 33.7. The Labute approximate surface area is 255 Å². The van der Waals surface area contributed by atoms with Crippen LogP contribution in [0.4, 0.5) is 43.9 Å². The first-order chi connectivity index (χ1) is 22.3. The van der Waals surface area contributed by atoms with E-state index < -0.39 is 121 Å². The van der Waals surface area contributed by atoms with Crippen molar-refractivity contribution in [1.82, 2.24) is 0 Å². The Morgan fingerprint density at radius 2 is 0.702 bits per heavy atom. The molecule has 0 atom stereocenters. The Hall–Kier alpha value is -5.07. The third-order valence-corrected chi connectivity index (χ3v) is 8.44. The second kappa shape index (κ2) is 10.5. The third kappa shape index (κ3) is 4.24. The monoisotopic (exact) mass is 680 g/mol. The summed E-state index contributed by atoms with van der Waals surface area (Å²) < 4.78 is 178. The van der Waals surface area contributed by atoms with E-state index in [0.717, 1.165) is 24.3 Å². The maximum absolute atomic E-state index is 16.3. The highest BCUT2D eigenvalue weighted by molar-refractivity contribution is 7.48. The number of fused-ring (bicyclic) bond motifs is 7. The van der Waals surface area contributed by atoms with Gasteiger partial charge in [0.25, 0.3) is 0 Å². The molecule has 6 aromatic rings. The van der Waals surface area contributed by atoms with E-state index in [1.165, 1.54) is 36.4 Å². The summed E-state index contributed by atoms with van der Waals surface area (Å²) in [7, 11) is -5.78. The van der Waals surface area contributed by atoms with E-state index in [-0.39, 0.29) is 11.1 Å². The number of phosphoric acid groups is 1. The van der Waals surface area contributed by atoms with E-state index in [0.29, 0.717) is 0 Å². The first-order valence-corrected chi connectivity index (χ1v) is 14.6. The van der Waals surface area contributed by atoms with Gasteiger partial charge in [-0.15, -0.1) is 0 Å². The Balaban J connectivity index is 1.90. The predicted octanol–water partition coefficient (Wildman–Crippen LogP) is 10.3. The standard InChI is InChI=1S/C32H11F10O4P/c33-21-13(11-7-3-1-4-8-11)31-17(15-19(21)25(37)29(41)27(39)23(15)35)18-16-20(26(38)30(42)28(40)24(16)36)22(34)14(12-9-5-2-6-10-12)32(18)46-47(43,44)45-31/h1-10H,(H,43,44). The topological polar surface area (TPSA) is 55.8 Å². The highest BCUT2D eigenvalue weighted by atomic mass is 31.2. The molecule has 0 radical (unpaired) electrons. The fourth-order valence-corrected chi connectivity index (χ4v) is 6.57. The van der Waals surface area contributed by atoms with Crippen molar-refractivity contribution < 1.29 is 62.4 Å². The Morgan fingerprint density at radius 1 is 0.404 bits per heavy atom. The summed E-state index contributed by atoms with van der Waals surface area (Å²) in [6, 6.07) is 12.4. The van der Waals surface area contributed by atoms with Crippen LogP contribution in [0.5, 0.6) is 11.5 Å². The second-order valence-corrected chi connectivity index (χ2v) is 11.5. The summed E-state index contributed by atoms with van der Waals surface area (Å²) in [6.45, 7) is 0. The van der Waals surface area contributed by atoms with Gasteiger partial charge in [-0.05, 0) is 11.1 Å². The van der Waals surface area contributed by atoms with Gasteiger partial charge in [0.05, 0.1) is 21.9 Å². The Morgan fingerprint density at radius 3 is 1.02 bits per heavy atom. The lowest BCUT2D eigenvalue weighted by molar-refractivity contribution is 0.294. The molecule has 238 valence electrons. The molecule has 0 amide bonds. The van der Waals surface area contributed by atoms with Crippen molar-refractivity contribution in [1.29, 1.82) is 0 Å². The van der Waals surface area contributed by atoms with Crippen molar-refractivity contribution in [2.45, 2.75) is 0 Å². The first kappa shape index (κ1) is 30.6. The van der Waals surface area contributed by atoms with E-state index in [1.54, 1.807) is 0 Å². The van der Waals surface area contributed by atoms with Crippen LogP contribution in [0.25, 0.3) is 54.9 Å². The lowest BCUT2D eigenvalue weighted by atomic mass is 9.85. The van der Waals surface area contributed by atoms with Crippen molar-refractivity contribution >= 4 is 29.4 Å². The average Bonchev–Trinajstić information content (AvgIpc) is 3.16. The molecule has 0 fully saturated rings. The number of rotatable bonds is 2. The van der Waals surface area contributed by atoms with Gasteiger partial charge in [0.2, 0.25) is 0 Å². The van der Waals surface area contributed by atoms with Gasteiger partial charge in [-0.2, -0.15) is 0 Å². The number of phosphoric ester groups is 1. The number of benzene rings is 6. The van der Waals surface area contributed by atoms with E-state index in [1.807, 2.05) is 0 Å². The van der Waals surface area contributed by atoms with Crippen LogP contribution in [0, 0.1) is 58.2 Å². The van der Waals surface area contributed by atoms with Crippen LogP contribution < -0.4 is 9.05 Å². The maximum Gasteiger partial charge on any atom is 0.584 e. The molecular weight excluding hydrogens is 669 g/mol.